The summed E-state index contributed by atoms with van der Waals surface area (Å²) in [5.74, 6) is 0.0713. The highest BCUT2D eigenvalue weighted by molar-refractivity contribution is 5.95. The largest absolute Gasteiger partial charge is 0.385 e. The molecule has 0 unspecified atom stereocenters. The van der Waals surface area contributed by atoms with E-state index in [4.69, 9.17) is 0 Å². The Bertz CT molecular complexity index is 450. The zero-order valence-electron chi connectivity index (χ0n) is 12.7. The van der Waals surface area contributed by atoms with Crippen LogP contribution in [-0.2, 0) is 0 Å². The van der Waals surface area contributed by atoms with Gasteiger partial charge < -0.3 is 10.6 Å². The Hall–Kier alpha value is -1.51. The van der Waals surface area contributed by atoms with Crippen LogP contribution in [0.2, 0.25) is 0 Å². The van der Waals surface area contributed by atoms with E-state index in [1.165, 1.54) is 19.3 Å². The summed E-state index contributed by atoms with van der Waals surface area (Å²) in [6, 6.07) is 6.29. The number of nitrogens with one attached hydrogen (secondary N) is 2. The first kappa shape index (κ1) is 14.9. The van der Waals surface area contributed by atoms with Crippen molar-refractivity contribution >= 4 is 11.6 Å². The molecule has 1 amide bonds. The van der Waals surface area contributed by atoms with Gasteiger partial charge in [-0.2, -0.15) is 0 Å². The highest BCUT2D eigenvalue weighted by atomic mass is 16.1. The molecule has 1 saturated carbocycles. The van der Waals surface area contributed by atoms with Crippen molar-refractivity contribution in [3.63, 3.8) is 0 Å². The van der Waals surface area contributed by atoms with Crippen LogP contribution in [0.25, 0.3) is 0 Å². The summed E-state index contributed by atoms with van der Waals surface area (Å²) in [5, 5.41) is 6.54. The van der Waals surface area contributed by atoms with Crippen molar-refractivity contribution < 1.29 is 4.79 Å². The third-order valence-electron chi connectivity index (χ3n) is 3.99. The first-order valence-corrected chi connectivity index (χ1v) is 7.86. The summed E-state index contributed by atoms with van der Waals surface area (Å²) in [6.07, 6.45) is 7.14. The van der Waals surface area contributed by atoms with Crippen molar-refractivity contribution in [3.8, 4) is 0 Å². The van der Waals surface area contributed by atoms with Crippen molar-refractivity contribution in [3.05, 3.63) is 29.3 Å². The number of amides is 1. The highest BCUT2D eigenvalue weighted by Gasteiger charge is 2.16. The maximum absolute atomic E-state index is 12.3. The molecule has 110 valence electrons. The molecule has 20 heavy (non-hydrogen) atoms. The number of hydrogen-bond donors (Lipinski definition) is 2. The summed E-state index contributed by atoms with van der Waals surface area (Å²) >= 11 is 0. The predicted octanol–water partition coefficient (Wildman–Crippen LogP) is 3.88. The van der Waals surface area contributed by atoms with Crippen molar-refractivity contribution in [2.75, 3.05) is 11.9 Å². The second kappa shape index (κ2) is 7.32. The minimum atomic E-state index is 0.0713. The average molecular weight is 274 g/mol. The van der Waals surface area contributed by atoms with Crippen LogP contribution < -0.4 is 10.6 Å². The minimum Gasteiger partial charge on any atom is -0.385 e. The SMILES string of the molecule is CCCNc1ccc(C(=O)NC2CCCCC2)cc1C. The van der Waals surface area contributed by atoms with Gasteiger partial charge in [-0.15, -0.1) is 0 Å². The molecule has 3 heteroatoms. The van der Waals surface area contributed by atoms with Gasteiger partial charge in [-0.05, 0) is 49.9 Å². The lowest BCUT2D eigenvalue weighted by molar-refractivity contribution is 0.0927. The molecule has 1 aliphatic carbocycles. The van der Waals surface area contributed by atoms with Crippen LogP contribution in [0.1, 0.15) is 61.4 Å². The molecule has 1 aliphatic rings. The van der Waals surface area contributed by atoms with Gasteiger partial charge in [-0.3, -0.25) is 4.79 Å². The lowest BCUT2D eigenvalue weighted by Crippen LogP contribution is -2.36. The Morgan fingerprint density at radius 2 is 2.00 bits per heavy atom. The van der Waals surface area contributed by atoms with E-state index in [2.05, 4.69) is 24.5 Å². The molecule has 0 atom stereocenters. The zero-order valence-corrected chi connectivity index (χ0v) is 12.7. The van der Waals surface area contributed by atoms with Gasteiger partial charge in [-0.1, -0.05) is 26.2 Å². The lowest BCUT2D eigenvalue weighted by Gasteiger charge is -2.23. The summed E-state index contributed by atoms with van der Waals surface area (Å²) < 4.78 is 0. The number of rotatable bonds is 5. The zero-order chi connectivity index (χ0) is 14.4. The quantitative estimate of drug-likeness (QED) is 0.855. The molecule has 1 aromatic carbocycles. The first-order valence-electron chi connectivity index (χ1n) is 7.86. The van der Waals surface area contributed by atoms with Crippen LogP contribution in [0.4, 0.5) is 5.69 Å². The second-order valence-corrected chi connectivity index (χ2v) is 5.76. The Morgan fingerprint density at radius 3 is 2.65 bits per heavy atom. The number of anilines is 1. The second-order valence-electron chi connectivity index (χ2n) is 5.76. The van der Waals surface area contributed by atoms with E-state index in [1.807, 2.05) is 18.2 Å². The number of benzene rings is 1. The molecule has 2 rings (SSSR count). The van der Waals surface area contributed by atoms with Crippen molar-refractivity contribution in [2.45, 2.75) is 58.4 Å². The Morgan fingerprint density at radius 1 is 1.25 bits per heavy atom. The molecule has 2 N–H and O–H groups in total. The van der Waals surface area contributed by atoms with Crippen molar-refractivity contribution in [1.29, 1.82) is 0 Å². The fourth-order valence-electron chi connectivity index (χ4n) is 2.78. The highest BCUT2D eigenvalue weighted by Crippen LogP contribution is 2.19. The Kier molecular flexibility index (Phi) is 5.45. The first-order chi connectivity index (χ1) is 9.70. The minimum absolute atomic E-state index is 0.0713. The van der Waals surface area contributed by atoms with E-state index in [0.717, 1.165) is 42.6 Å². The summed E-state index contributed by atoms with van der Waals surface area (Å²) in [7, 11) is 0. The topological polar surface area (TPSA) is 41.1 Å². The van der Waals surface area contributed by atoms with Crippen LogP contribution >= 0.6 is 0 Å². The third kappa shape index (κ3) is 3.99. The van der Waals surface area contributed by atoms with E-state index in [9.17, 15) is 4.79 Å². The summed E-state index contributed by atoms with van der Waals surface area (Å²) in [5.41, 5.74) is 3.03. The molecule has 3 nitrogen and oxygen atoms in total. The Labute approximate surface area is 122 Å². The van der Waals surface area contributed by atoms with E-state index in [1.54, 1.807) is 0 Å². The third-order valence-corrected chi connectivity index (χ3v) is 3.99. The van der Waals surface area contributed by atoms with E-state index < -0.39 is 0 Å². The molecular formula is C17H26N2O. The standard InChI is InChI=1S/C17H26N2O/c1-3-11-18-16-10-9-14(12-13(16)2)17(20)19-15-7-5-4-6-8-15/h9-10,12,15,18H,3-8,11H2,1-2H3,(H,19,20). The molecule has 0 radical (unpaired) electrons. The average Bonchev–Trinajstić information content (AvgIpc) is 2.47. The smallest absolute Gasteiger partial charge is 0.251 e. The van der Waals surface area contributed by atoms with Crippen LogP contribution in [-0.4, -0.2) is 18.5 Å². The van der Waals surface area contributed by atoms with Crippen molar-refractivity contribution in [2.24, 2.45) is 0 Å². The maximum atomic E-state index is 12.3. The number of carbonyl (C=O) groups excluding carboxylic acids is 1. The molecular weight excluding hydrogens is 248 g/mol. The van der Waals surface area contributed by atoms with Gasteiger partial charge in [-0.25, -0.2) is 0 Å². The lowest BCUT2D eigenvalue weighted by atomic mass is 9.95. The van der Waals surface area contributed by atoms with Gasteiger partial charge in [0, 0.05) is 23.8 Å². The van der Waals surface area contributed by atoms with Gasteiger partial charge in [0.1, 0.15) is 0 Å². The number of carbonyl (C=O) groups is 1. The fraction of sp³-hybridized carbons (Fsp3) is 0.588. The van der Waals surface area contributed by atoms with Gasteiger partial charge in [0.25, 0.3) is 5.91 Å². The molecule has 0 heterocycles. The molecule has 0 aliphatic heterocycles. The van der Waals surface area contributed by atoms with E-state index in [-0.39, 0.29) is 5.91 Å². The van der Waals surface area contributed by atoms with Gasteiger partial charge in [0.05, 0.1) is 0 Å². The van der Waals surface area contributed by atoms with Crippen LogP contribution in [0.15, 0.2) is 18.2 Å². The molecule has 0 saturated heterocycles. The van der Waals surface area contributed by atoms with Gasteiger partial charge in [0.15, 0.2) is 0 Å². The molecule has 1 aromatic rings. The summed E-state index contributed by atoms with van der Waals surface area (Å²) in [6.45, 7) is 5.16. The summed E-state index contributed by atoms with van der Waals surface area (Å²) in [4.78, 5) is 12.3. The number of aryl methyl sites for hydroxylation is 1. The van der Waals surface area contributed by atoms with Crippen LogP contribution in [0, 0.1) is 6.92 Å². The molecule has 0 bridgehead atoms. The monoisotopic (exact) mass is 274 g/mol. The molecule has 0 aromatic heterocycles. The fourth-order valence-corrected chi connectivity index (χ4v) is 2.78. The van der Waals surface area contributed by atoms with E-state index in [0.29, 0.717) is 6.04 Å². The van der Waals surface area contributed by atoms with Gasteiger partial charge in [0.2, 0.25) is 0 Å². The molecule has 0 spiro atoms. The normalized spacial score (nSPS) is 15.9. The number of hydrogen-bond acceptors (Lipinski definition) is 2. The predicted molar refractivity (Wildman–Crippen MR) is 84.3 cm³/mol. The van der Waals surface area contributed by atoms with Gasteiger partial charge >= 0.3 is 0 Å². The van der Waals surface area contributed by atoms with Crippen LogP contribution in [0.3, 0.4) is 0 Å². The Balaban J connectivity index is 1.97. The maximum Gasteiger partial charge on any atom is 0.251 e. The van der Waals surface area contributed by atoms with Crippen molar-refractivity contribution in [1.82, 2.24) is 5.32 Å². The molecule has 1 fully saturated rings. The van der Waals surface area contributed by atoms with Crippen LogP contribution in [0.5, 0.6) is 0 Å². The van der Waals surface area contributed by atoms with E-state index >= 15 is 0 Å².